The van der Waals surface area contributed by atoms with Crippen molar-refractivity contribution >= 4 is 16.8 Å². The number of aromatic amines is 1. The number of pyridine rings is 1. The number of hydrogen-bond acceptors (Lipinski definition) is 5. The molecule has 0 aliphatic heterocycles. The lowest BCUT2D eigenvalue weighted by atomic mass is 10.1. The van der Waals surface area contributed by atoms with Crippen LogP contribution in [0.1, 0.15) is 21.8 Å². The number of amides is 1. The van der Waals surface area contributed by atoms with E-state index in [0.29, 0.717) is 17.1 Å². The maximum Gasteiger partial charge on any atom is 0.268 e. The Morgan fingerprint density at radius 2 is 2.19 bits per heavy atom. The first-order valence-electron chi connectivity index (χ1n) is 8.46. The Morgan fingerprint density at radius 1 is 1.30 bits per heavy atom. The van der Waals surface area contributed by atoms with Gasteiger partial charge in [0.05, 0.1) is 13.7 Å². The quantitative estimate of drug-likeness (QED) is 0.567. The lowest BCUT2D eigenvalue weighted by Gasteiger charge is -2.02. The van der Waals surface area contributed by atoms with Crippen LogP contribution in [0.2, 0.25) is 0 Å². The third-order valence-corrected chi connectivity index (χ3v) is 4.43. The molecule has 0 unspecified atom stereocenters. The maximum atomic E-state index is 12.6. The summed E-state index contributed by atoms with van der Waals surface area (Å²) in [6, 6.07) is 11.2. The Hall–Kier alpha value is -3.61. The maximum absolute atomic E-state index is 12.6. The number of rotatable bonds is 5. The number of H-pyrrole nitrogens is 1. The predicted octanol–water partition coefficient (Wildman–Crippen LogP) is 3.46. The number of aryl methyl sites for hydroxylation is 1. The Morgan fingerprint density at radius 3 is 2.96 bits per heavy atom. The first-order valence-corrected chi connectivity index (χ1v) is 8.46. The largest absolute Gasteiger partial charge is 0.497 e. The fraction of sp³-hybridized carbons (Fsp3) is 0.150. The highest BCUT2D eigenvalue weighted by Crippen LogP contribution is 2.26. The normalized spacial score (nSPS) is 10.9. The van der Waals surface area contributed by atoms with Gasteiger partial charge in [-0.25, -0.2) is 0 Å². The summed E-state index contributed by atoms with van der Waals surface area (Å²) in [5.41, 5.74) is 3.82. The summed E-state index contributed by atoms with van der Waals surface area (Å²) in [5, 5.41) is 7.84. The number of hydrogen-bond donors (Lipinski definition) is 2. The lowest BCUT2D eigenvalue weighted by Crippen LogP contribution is -2.23. The van der Waals surface area contributed by atoms with Gasteiger partial charge >= 0.3 is 0 Å². The average Bonchev–Trinajstić information content (AvgIpc) is 3.31. The van der Waals surface area contributed by atoms with E-state index >= 15 is 0 Å². The van der Waals surface area contributed by atoms with E-state index in [1.54, 1.807) is 25.6 Å². The van der Waals surface area contributed by atoms with E-state index in [-0.39, 0.29) is 12.5 Å². The zero-order valence-electron chi connectivity index (χ0n) is 14.9. The van der Waals surface area contributed by atoms with E-state index in [1.165, 1.54) is 0 Å². The van der Waals surface area contributed by atoms with Gasteiger partial charge in [0.1, 0.15) is 17.1 Å². The van der Waals surface area contributed by atoms with Crippen molar-refractivity contribution in [3.05, 3.63) is 65.8 Å². The Labute approximate surface area is 155 Å². The van der Waals surface area contributed by atoms with Gasteiger partial charge in [0.25, 0.3) is 5.91 Å². The standard InChI is InChI=1S/C20H18N4O3/c1-12-16-8-14(26-2)5-6-17(16)23-19(12)20(25)22-11-15-9-18(24-27-15)13-4-3-7-21-10-13/h3-10,23H,11H2,1-2H3,(H,22,25). The second-order valence-corrected chi connectivity index (χ2v) is 6.14. The third-order valence-electron chi connectivity index (χ3n) is 4.43. The molecule has 4 aromatic rings. The molecule has 27 heavy (non-hydrogen) atoms. The second kappa shape index (κ2) is 6.95. The minimum absolute atomic E-state index is 0.206. The zero-order chi connectivity index (χ0) is 18.8. The van der Waals surface area contributed by atoms with Gasteiger partial charge in [0.15, 0.2) is 5.76 Å². The number of methoxy groups -OCH3 is 1. The molecule has 7 heteroatoms. The van der Waals surface area contributed by atoms with E-state index in [4.69, 9.17) is 9.26 Å². The molecule has 136 valence electrons. The van der Waals surface area contributed by atoms with Gasteiger partial charge in [0, 0.05) is 34.9 Å². The Balaban J connectivity index is 1.49. The highest BCUT2D eigenvalue weighted by molar-refractivity contribution is 6.01. The van der Waals surface area contributed by atoms with Crippen LogP contribution < -0.4 is 10.1 Å². The number of carbonyl (C=O) groups excluding carboxylic acids is 1. The van der Waals surface area contributed by atoms with Crippen molar-refractivity contribution in [2.45, 2.75) is 13.5 Å². The highest BCUT2D eigenvalue weighted by atomic mass is 16.5. The number of carbonyl (C=O) groups is 1. The van der Waals surface area contributed by atoms with E-state index < -0.39 is 0 Å². The molecule has 0 spiro atoms. The second-order valence-electron chi connectivity index (χ2n) is 6.14. The summed E-state index contributed by atoms with van der Waals surface area (Å²) in [6.07, 6.45) is 3.41. The van der Waals surface area contributed by atoms with E-state index in [1.807, 2.05) is 37.3 Å². The topological polar surface area (TPSA) is 93.0 Å². The molecule has 0 saturated carbocycles. The molecule has 7 nitrogen and oxygen atoms in total. The van der Waals surface area contributed by atoms with Crippen LogP contribution in [0.5, 0.6) is 5.75 Å². The van der Waals surface area contributed by atoms with Crippen LogP contribution in [0.4, 0.5) is 0 Å². The van der Waals surface area contributed by atoms with Crippen molar-refractivity contribution in [1.29, 1.82) is 0 Å². The molecule has 0 atom stereocenters. The number of fused-ring (bicyclic) bond motifs is 1. The molecular weight excluding hydrogens is 344 g/mol. The van der Waals surface area contributed by atoms with Gasteiger partial charge < -0.3 is 19.6 Å². The smallest absolute Gasteiger partial charge is 0.268 e. The highest BCUT2D eigenvalue weighted by Gasteiger charge is 2.16. The van der Waals surface area contributed by atoms with Crippen molar-refractivity contribution in [2.75, 3.05) is 7.11 Å². The average molecular weight is 362 g/mol. The molecule has 1 amide bonds. The zero-order valence-corrected chi connectivity index (χ0v) is 14.9. The predicted molar refractivity (Wildman–Crippen MR) is 100 cm³/mol. The summed E-state index contributed by atoms with van der Waals surface area (Å²) in [4.78, 5) is 19.8. The molecule has 0 bridgehead atoms. The van der Waals surface area contributed by atoms with Crippen molar-refractivity contribution in [3.8, 4) is 17.0 Å². The Bertz CT molecular complexity index is 1100. The SMILES string of the molecule is COc1ccc2[nH]c(C(=O)NCc3cc(-c4cccnc4)no3)c(C)c2c1. The number of benzene rings is 1. The van der Waals surface area contributed by atoms with Crippen molar-refractivity contribution in [3.63, 3.8) is 0 Å². The number of nitrogens with one attached hydrogen (secondary N) is 2. The molecule has 3 aromatic heterocycles. The lowest BCUT2D eigenvalue weighted by molar-refractivity contribution is 0.0942. The van der Waals surface area contributed by atoms with Gasteiger partial charge in [-0.1, -0.05) is 5.16 Å². The minimum atomic E-state index is -0.206. The Kier molecular flexibility index (Phi) is 4.33. The number of aromatic nitrogens is 3. The molecule has 0 saturated heterocycles. The van der Waals surface area contributed by atoms with Gasteiger partial charge in [-0.3, -0.25) is 9.78 Å². The van der Waals surface area contributed by atoms with Crippen LogP contribution in [-0.4, -0.2) is 28.1 Å². The molecule has 0 fully saturated rings. The molecule has 1 aromatic carbocycles. The van der Waals surface area contributed by atoms with Crippen LogP contribution >= 0.6 is 0 Å². The summed E-state index contributed by atoms with van der Waals surface area (Å²) in [7, 11) is 1.62. The van der Waals surface area contributed by atoms with Crippen molar-refractivity contribution in [1.82, 2.24) is 20.4 Å². The summed E-state index contributed by atoms with van der Waals surface area (Å²) in [5.74, 6) is 1.11. The van der Waals surface area contributed by atoms with Gasteiger partial charge in [-0.15, -0.1) is 0 Å². The summed E-state index contributed by atoms with van der Waals surface area (Å²) >= 11 is 0. The number of ether oxygens (including phenoxy) is 1. The van der Waals surface area contributed by atoms with Crippen LogP contribution in [0.25, 0.3) is 22.2 Å². The van der Waals surface area contributed by atoms with Crippen LogP contribution in [0.3, 0.4) is 0 Å². The van der Waals surface area contributed by atoms with Crippen LogP contribution in [0.15, 0.2) is 53.3 Å². The minimum Gasteiger partial charge on any atom is -0.497 e. The molecule has 0 aliphatic carbocycles. The van der Waals surface area contributed by atoms with E-state index in [9.17, 15) is 4.79 Å². The molecule has 2 N–H and O–H groups in total. The fourth-order valence-corrected chi connectivity index (χ4v) is 2.96. The number of nitrogens with zero attached hydrogens (tertiary/aromatic N) is 2. The fourth-order valence-electron chi connectivity index (χ4n) is 2.96. The summed E-state index contributed by atoms with van der Waals surface area (Å²) < 4.78 is 10.6. The molecule has 3 heterocycles. The molecule has 4 rings (SSSR count). The van der Waals surface area contributed by atoms with Crippen molar-refractivity contribution < 1.29 is 14.1 Å². The molecular formula is C20H18N4O3. The van der Waals surface area contributed by atoms with Gasteiger partial charge in [0.2, 0.25) is 0 Å². The van der Waals surface area contributed by atoms with Crippen LogP contribution in [-0.2, 0) is 6.54 Å². The van der Waals surface area contributed by atoms with Crippen molar-refractivity contribution in [2.24, 2.45) is 0 Å². The summed E-state index contributed by atoms with van der Waals surface area (Å²) in [6.45, 7) is 2.15. The molecule has 0 radical (unpaired) electrons. The van der Waals surface area contributed by atoms with Crippen LogP contribution in [0, 0.1) is 6.92 Å². The first kappa shape index (κ1) is 16.8. The molecule has 0 aliphatic rings. The monoisotopic (exact) mass is 362 g/mol. The third kappa shape index (κ3) is 3.27. The van der Waals surface area contributed by atoms with Gasteiger partial charge in [-0.05, 0) is 42.8 Å². The van der Waals surface area contributed by atoms with Gasteiger partial charge in [-0.2, -0.15) is 0 Å². The first-order chi connectivity index (χ1) is 13.2. The van der Waals surface area contributed by atoms with E-state index in [0.717, 1.165) is 27.8 Å². The van der Waals surface area contributed by atoms with E-state index in [2.05, 4.69) is 20.4 Å².